The Labute approximate surface area is 122 Å². The lowest BCUT2D eigenvalue weighted by molar-refractivity contribution is -0.384. The average Bonchev–Trinajstić information content (AvgIpc) is 2.95. The van der Waals surface area contributed by atoms with Crippen LogP contribution in [0.5, 0.6) is 0 Å². The predicted molar refractivity (Wildman–Crippen MR) is 73.3 cm³/mol. The fourth-order valence-electron chi connectivity index (χ4n) is 1.51. The molecule has 9 heteroatoms. The van der Waals surface area contributed by atoms with E-state index in [1.807, 2.05) is 0 Å². The highest BCUT2D eigenvalue weighted by atomic mass is 32.1. The summed E-state index contributed by atoms with van der Waals surface area (Å²) in [6, 6.07) is 5.86. The number of non-ortho nitro benzene ring substituents is 1. The van der Waals surface area contributed by atoms with E-state index in [9.17, 15) is 19.7 Å². The minimum atomic E-state index is -1.20. The van der Waals surface area contributed by atoms with Crippen molar-refractivity contribution in [2.75, 3.05) is 0 Å². The van der Waals surface area contributed by atoms with Gasteiger partial charge in [-0.25, -0.2) is 9.78 Å². The van der Waals surface area contributed by atoms with Crippen LogP contribution >= 0.6 is 11.3 Å². The van der Waals surface area contributed by atoms with Gasteiger partial charge in [-0.1, -0.05) is 12.1 Å². The molecule has 1 aromatic heterocycles. The van der Waals surface area contributed by atoms with E-state index in [0.717, 1.165) is 11.3 Å². The van der Waals surface area contributed by atoms with Crippen LogP contribution in [0.4, 0.5) is 5.69 Å². The van der Waals surface area contributed by atoms with Gasteiger partial charge in [-0.3, -0.25) is 14.9 Å². The number of aromatic nitrogens is 1. The number of carbonyl (C=O) groups is 2. The Kier molecular flexibility index (Phi) is 4.24. The zero-order valence-corrected chi connectivity index (χ0v) is 11.3. The van der Waals surface area contributed by atoms with Crippen LogP contribution in [0.2, 0.25) is 0 Å². The molecular weight excluding hydrogens is 298 g/mol. The number of amides is 1. The molecule has 2 aromatic rings. The largest absolute Gasteiger partial charge is 0.476 e. The maximum Gasteiger partial charge on any atom is 0.355 e. The molecule has 0 aliphatic heterocycles. The van der Waals surface area contributed by atoms with Gasteiger partial charge >= 0.3 is 5.97 Å². The van der Waals surface area contributed by atoms with Crippen molar-refractivity contribution >= 4 is 28.9 Å². The van der Waals surface area contributed by atoms with E-state index in [0.29, 0.717) is 5.56 Å². The van der Waals surface area contributed by atoms with Crippen molar-refractivity contribution in [3.05, 3.63) is 56.0 Å². The third kappa shape index (κ3) is 3.60. The maximum absolute atomic E-state index is 11.8. The van der Waals surface area contributed by atoms with Gasteiger partial charge in [0.15, 0.2) is 10.7 Å². The molecule has 0 atom stereocenters. The number of rotatable bonds is 5. The van der Waals surface area contributed by atoms with Crippen molar-refractivity contribution < 1.29 is 19.6 Å². The molecule has 1 heterocycles. The average molecular weight is 307 g/mol. The highest BCUT2D eigenvalue weighted by Gasteiger charge is 2.14. The summed E-state index contributed by atoms with van der Waals surface area (Å²) in [5, 5.41) is 23.2. The van der Waals surface area contributed by atoms with E-state index in [1.54, 1.807) is 6.07 Å². The van der Waals surface area contributed by atoms with Gasteiger partial charge in [0.05, 0.1) is 4.92 Å². The van der Waals surface area contributed by atoms with E-state index in [4.69, 9.17) is 5.11 Å². The van der Waals surface area contributed by atoms with Crippen LogP contribution in [0.1, 0.15) is 25.9 Å². The Morgan fingerprint density at radius 1 is 1.43 bits per heavy atom. The monoisotopic (exact) mass is 307 g/mol. The zero-order chi connectivity index (χ0) is 15.4. The maximum atomic E-state index is 11.8. The molecule has 1 aromatic carbocycles. The van der Waals surface area contributed by atoms with Gasteiger partial charge < -0.3 is 10.4 Å². The fraction of sp³-hybridized carbons (Fsp3) is 0.0833. The minimum Gasteiger partial charge on any atom is -0.476 e. The first-order valence-electron chi connectivity index (χ1n) is 5.67. The molecule has 0 saturated carbocycles. The van der Waals surface area contributed by atoms with Gasteiger partial charge in [-0.15, -0.1) is 11.3 Å². The molecule has 0 fully saturated rings. The lowest BCUT2D eigenvalue weighted by Gasteiger charge is -2.03. The summed E-state index contributed by atoms with van der Waals surface area (Å²) in [4.78, 5) is 36.2. The smallest absolute Gasteiger partial charge is 0.355 e. The molecule has 0 saturated heterocycles. The molecule has 1 amide bonds. The zero-order valence-electron chi connectivity index (χ0n) is 10.5. The van der Waals surface area contributed by atoms with Crippen molar-refractivity contribution in [1.29, 1.82) is 0 Å². The third-order valence-corrected chi connectivity index (χ3v) is 3.33. The minimum absolute atomic E-state index is 0.0258. The predicted octanol–water partition coefficient (Wildman–Crippen LogP) is 1.68. The molecule has 0 spiro atoms. The first-order chi connectivity index (χ1) is 9.97. The lowest BCUT2D eigenvalue weighted by Crippen LogP contribution is -2.22. The van der Waals surface area contributed by atoms with Crippen LogP contribution < -0.4 is 5.32 Å². The second-order valence-electron chi connectivity index (χ2n) is 3.95. The number of hydrogen-bond donors (Lipinski definition) is 2. The molecule has 8 nitrogen and oxygen atoms in total. The molecule has 0 radical (unpaired) electrons. The number of aromatic carboxylic acids is 1. The number of benzene rings is 1. The van der Waals surface area contributed by atoms with Gasteiger partial charge in [-0.05, 0) is 5.56 Å². The van der Waals surface area contributed by atoms with Crippen molar-refractivity contribution in [2.45, 2.75) is 6.54 Å². The molecule has 2 rings (SSSR count). The van der Waals surface area contributed by atoms with E-state index in [-0.39, 0.29) is 22.9 Å². The number of thiazole rings is 1. The SMILES string of the molecule is O=C(O)c1csc(C(=O)NCc2cccc([N+](=O)[O-])c2)n1. The summed E-state index contributed by atoms with van der Waals surface area (Å²) in [6.07, 6.45) is 0. The second-order valence-corrected chi connectivity index (χ2v) is 4.81. The van der Waals surface area contributed by atoms with Crippen LogP contribution in [-0.4, -0.2) is 26.9 Å². The summed E-state index contributed by atoms with van der Waals surface area (Å²) in [5.74, 6) is -1.73. The van der Waals surface area contributed by atoms with Crippen molar-refractivity contribution in [1.82, 2.24) is 10.3 Å². The summed E-state index contributed by atoms with van der Waals surface area (Å²) in [5.41, 5.74) is 0.303. The standard InChI is InChI=1S/C12H9N3O5S/c16-10(11-14-9(6-21-11)12(17)18)13-5-7-2-1-3-8(4-7)15(19)20/h1-4,6H,5H2,(H,13,16)(H,17,18). The normalized spacial score (nSPS) is 10.1. The Morgan fingerprint density at radius 2 is 2.19 bits per heavy atom. The van der Waals surface area contributed by atoms with E-state index in [1.165, 1.54) is 23.6 Å². The van der Waals surface area contributed by atoms with Crippen LogP contribution in [0.25, 0.3) is 0 Å². The van der Waals surface area contributed by atoms with Crippen LogP contribution in [-0.2, 0) is 6.54 Å². The third-order valence-electron chi connectivity index (χ3n) is 2.49. The Bertz CT molecular complexity index is 712. The summed E-state index contributed by atoms with van der Waals surface area (Å²) < 4.78 is 0. The molecule has 2 N–H and O–H groups in total. The van der Waals surface area contributed by atoms with Crippen LogP contribution in [0, 0.1) is 10.1 Å². The molecule has 21 heavy (non-hydrogen) atoms. The van der Waals surface area contributed by atoms with E-state index in [2.05, 4.69) is 10.3 Å². The van der Waals surface area contributed by atoms with E-state index >= 15 is 0 Å². The molecular formula is C12H9N3O5S. The summed E-state index contributed by atoms with van der Waals surface area (Å²) in [6.45, 7) is 0.0858. The number of nitrogens with zero attached hydrogens (tertiary/aromatic N) is 2. The summed E-state index contributed by atoms with van der Waals surface area (Å²) >= 11 is 0.917. The molecule has 0 bridgehead atoms. The Hall–Kier alpha value is -2.81. The number of nitro groups is 1. The molecule has 108 valence electrons. The van der Waals surface area contributed by atoms with Gasteiger partial charge in [0.1, 0.15) is 0 Å². The first-order valence-corrected chi connectivity index (χ1v) is 6.55. The van der Waals surface area contributed by atoms with Gasteiger partial charge in [0.2, 0.25) is 0 Å². The van der Waals surface area contributed by atoms with Gasteiger partial charge in [0.25, 0.3) is 11.6 Å². The van der Waals surface area contributed by atoms with Gasteiger partial charge in [-0.2, -0.15) is 0 Å². The quantitative estimate of drug-likeness (QED) is 0.640. The van der Waals surface area contributed by atoms with E-state index < -0.39 is 16.8 Å². The van der Waals surface area contributed by atoms with Crippen molar-refractivity contribution in [2.24, 2.45) is 0 Å². The fourth-order valence-corrected chi connectivity index (χ4v) is 2.22. The lowest BCUT2D eigenvalue weighted by atomic mass is 10.2. The van der Waals surface area contributed by atoms with Crippen LogP contribution in [0.15, 0.2) is 29.6 Å². The van der Waals surface area contributed by atoms with Crippen molar-refractivity contribution in [3.63, 3.8) is 0 Å². The highest BCUT2D eigenvalue weighted by molar-refractivity contribution is 7.11. The topological polar surface area (TPSA) is 122 Å². The number of carboxylic acid groups (broad SMARTS) is 1. The van der Waals surface area contributed by atoms with Gasteiger partial charge in [0, 0.05) is 24.1 Å². The summed E-state index contributed by atoms with van der Waals surface area (Å²) in [7, 11) is 0. The number of carboxylic acids is 1. The van der Waals surface area contributed by atoms with Crippen LogP contribution in [0.3, 0.4) is 0 Å². The Balaban J connectivity index is 2.02. The molecule has 0 aliphatic rings. The molecule has 0 unspecified atom stereocenters. The number of carbonyl (C=O) groups excluding carboxylic acids is 1. The number of nitrogens with one attached hydrogen (secondary N) is 1. The molecule has 0 aliphatic carbocycles. The second kappa shape index (κ2) is 6.09. The first kappa shape index (κ1) is 14.6. The van der Waals surface area contributed by atoms with Crippen molar-refractivity contribution in [3.8, 4) is 0 Å². The number of nitro benzene ring substituents is 1. The number of hydrogen-bond acceptors (Lipinski definition) is 6. The highest BCUT2D eigenvalue weighted by Crippen LogP contribution is 2.14. The Morgan fingerprint density at radius 3 is 2.81 bits per heavy atom.